The molecule has 0 bridgehead atoms. The minimum Gasteiger partial charge on any atom is -0.353 e. The number of nitrogens with one attached hydrogen (secondary N) is 1. The first-order valence-electron chi connectivity index (χ1n) is 12.2. The molecular weight excluding hydrogens is 502 g/mol. The lowest BCUT2D eigenvalue weighted by Gasteiger charge is -2.35. The monoisotopic (exact) mass is 524 g/mol. The van der Waals surface area contributed by atoms with Crippen molar-refractivity contribution in [1.82, 2.24) is 20.1 Å². The van der Waals surface area contributed by atoms with E-state index in [0.29, 0.717) is 65.2 Å². The van der Waals surface area contributed by atoms with Crippen molar-refractivity contribution in [3.63, 3.8) is 0 Å². The third-order valence-electron chi connectivity index (χ3n) is 6.59. The number of hydrogen-bond donors (Lipinski definition) is 1. The molecule has 5 rings (SSSR count). The zero-order valence-corrected chi connectivity index (χ0v) is 21.0. The third-order valence-corrected chi connectivity index (χ3v) is 6.59. The van der Waals surface area contributed by atoms with Crippen molar-refractivity contribution in [3.05, 3.63) is 98.6 Å². The lowest BCUT2D eigenvalue weighted by molar-refractivity contribution is 0.0740. The molecule has 0 aliphatic carbocycles. The van der Waals surface area contributed by atoms with Crippen LogP contribution >= 0.6 is 0 Å². The molecule has 2 aromatic carbocycles. The van der Waals surface area contributed by atoms with Gasteiger partial charge in [0.2, 0.25) is 0 Å². The van der Waals surface area contributed by atoms with Gasteiger partial charge in [-0.05, 0) is 55.0 Å². The lowest BCUT2D eigenvalue weighted by atomic mass is 10.00. The first kappa shape index (κ1) is 25.6. The van der Waals surface area contributed by atoms with E-state index in [0.717, 1.165) is 6.07 Å². The van der Waals surface area contributed by atoms with E-state index < -0.39 is 17.5 Å². The zero-order valence-electron chi connectivity index (χ0n) is 21.0. The van der Waals surface area contributed by atoms with Crippen molar-refractivity contribution in [2.75, 3.05) is 31.1 Å². The summed E-state index contributed by atoms with van der Waals surface area (Å²) in [7, 11) is 0. The fraction of sp³-hybridized carbons (Fsp3) is 0.207. The van der Waals surface area contributed by atoms with Crippen LogP contribution in [0.5, 0.6) is 0 Å². The maximum absolute atomic E-state index is 14.8. The van der Waals surface area contributed by atoms with Crippen LogP contribution in [0.4, 0.5) is 14.6 Å². The Balaban J connectivity index is 1.38. The molecule has 0 atom stereocenters. The maximum atomic E-state index is 14.8. The van der Waals surface area contributed by atoms with Gasteiger partial charge in [-0.25, -0.2) is 18.9 Å². The van der Waals surface area contributed by atoms with Crippen molar-refractivity contribution in [2.24, 2.45) is 0 Å². The van der Waals surface area contributed by atoms with Crippen LogP contribution in [0, 0.1) is 34.8 Å². The highest BCUT2D eigenvalue weighted by atomic mass is 19.2. The molecule has 1 fully saturated rings. The molecule has 8 nitrogen and oxygen atoms in total. The molecular formula is C29H22F2N6O2. The normalized spacial score (nSPS) is 13.1. The Kier molecular flexibility index (Phi) is 7.02. The molecule has 10 heteroatoms. The third kappa shape index (κ3) is 5.18. The van der Waals surface area contributed by atoms with E-state index in [4.69, 9.17) is 5.26 Å². The Morgan fingerprint density at radius 1 is 1.05 bits per heavy atom. The molecule has 3 heterocycles. The van der Waals surface area contributed by atoms with Gasteiger partial charge < -0.3 is 9.80 Å². The lowest BCUT2D eigenvalue weighted by Crippen LogP contribution is -2.49. The second-order valence-electron chi connectivity index (χ2n) is 9.05. The van der Waals surface area contributed by atoms with Gasteiger partial charge in [0.15, 0.2) is 11.6 Å². The first-order valence-corrected chi connectivity index (χ1v) is 12.2. The predicted octanol–water partition coefficient (Wildman–Crippen LogP) is 3.39. The number of pyridine rings is 1. The number of anilines is 1. The highest BCUT2D eigenvalue weighted by Crippen LogP contribution is 2.23. The van der Waals surface area contributed by atoms with E-state index in [1.807, 2.05) is 11.0 Å². The molecule has 1 aliphatic rings. The number of rotatable bonds is 4. The number of benzene rings is 2. The van der Waals surface area contributed by atoms with Crippen molar-refractivity contribution in [1.29, 1.82) is 5.26 Å². The van der Waals surface area contributed by atoms with Gasteiger partial charge in [0.1, 0.15) is 11.9 Å². The zero-order chi connectivity index (χ0) is 27.5. The number of nitrogens with zero attached hydrogens (tertiary/aromatic N) is 5. The summed E-state index contributed by atoms with van der Waals surface area (Å²) in [4.78, 5) is 33.2. The molecule has 1 amide bonds. The highest BCUT2D eigenvalue weighted by Gasteiger charge is 2.27. The molecule has 1 saturated heterocycles. The topological polar surface area (TPSA) is 106 Å². The molecule has 39 heavy (non-hydrogen) atoms. The minimum absolute atomic E-state index is 0.0614. The molecule has 4 aromatic rings. The molecule has 0 unspecified atom stereocenters. The number of amides is 1. The van der Waals surface area contributed by atoms with E-state index in [9.17, 15) is 18.4 Å². The number of piperazine rings is 1. The predicted molar refractivity (Wildman–Crippen MR) is 141 cm³/mol. The number of H-pyrrole nitrogens is 1. The van der Waals surface area contributed by atoms with Gasteiger partial charge >= 0.3 is 0 Å². The molecule has 0 radical (unpaired) electrons. The number of aromatic nitrogens is 3. The van der Waals surface area contributed by atoms with E-state index in [1.165, 1.54) is 17.2 Å². The summed E-state index contributed by atoms with van der Waals surface area (Å²) < 4.78 is 29.5. The number of nitriles is 1. The summed E-state index contributed by atoms with van der Waals surface area (Å²) in [6.07, 6.45) is 1.54. The molecule has 1 aliphatic heterocycles. The highest BCUT2D eigenvalue weighted by molar-refractivity contribution is 5.95. The van der Waals surface area contributed by atoms with Gasteiger partial charge in [-0.3, -0.25) is 9.59 Å². The quantitative estimate of drug-likeness (QED) is 0.411. The second kappa shape index (κ2) is 10.7. The van der Waals surface area contributed by atoms with Crippen LogP contribution in [-0.4, -0.2) is 52.2 Å². The van der Waals surface area contributed by atoms with Gasteiger partial charge in [-0.15, -0.1) is 5.92 Å². The van der Waals surface area contributed by atoms with Gasteiger partial charge in [-0.2, -0.15) is 10.4 Å². The SMILES string of the molecule is CC#Cc1ccc2c(=O)[nH]nc(Cc3cc(F)c(F)c(C(=O)N4CCN(c5ccc(C#N)cn5)CC4)c3)c2c1. The summed E-state index contributed by atoms with van der Waals surface area (Å²) in [6, 6.07) is 12.9. The number of halogens is 2. The van der Waals surface area contributed by atoms with Gasteiger partial charge in [-0.1, -0.05) is 5.92 Å². The largest absolute Gasteiger partial charge is 0.353 e. The fourth-order valence-corrected chi connectivity index (χ4v) is 4.62. The van der Waals surface area contributed by atoms with Crippen molar-refractivity contribution in [3.8, 4) is 17.9 Å². The van der Waals surface area contributed by atoms with Crippen LogP contribution in [0.15, 0.2) is 53.5 Å². The van der Waals surface area contributed by atoms with Crippen molar-refractivity contribution >= 4 is 22.5 Å². The van der Waals surface area contributed by atoms with Crippen molar-refractivity contribution < 1.29 is 13.6 Å². The van der Waals surface area contributed by atoms with Crippen LogP contribution in [0.1, 0.15) is 39.7 Å². The summed E-state index contributed by atoms with van der Waals surface area (Å²) in [5.74, 6) is 3.46. The minimum atomic E-state index is -1.21. The molecule has 0 spiro atoms. The Hall–Kier alpha value is -5.09. The Labute approximate surface area is 222 Å². The Morgan fingerprint density at radius 2 is 1.82 bits per heavy atom. The second-order valence-corrected chi connectivity index (χ2v) is 9.05. The fourth-order valence-electron chi connectivity index (χ4n) is 4.62. The Bertz CT molecular complexity index is 1740. The van der Waals surface area contributed by atoms with Gasteiger partial charge in [0, 0.05) is 49.7 Å². The average molecular weight is 525 g/mol. The van der Waals surface area contributed by atoms with E-state index >= 15 is 0 Å². The van der Waals surface area contributed by atoms with Crippen LogP contribution in [-0.2, 0) is 6.42 Å². The summed E-state index contributed by atoms with van der Waals surface area (Å²) >= 11 is 0. The van der Waals surface area contributed by atoms with Crippen molar-refractivity contribution in [2.45, 2.75) is 13.3 Å². The number of hydrogen-bond acceptors (Lipinski definition) is 6. The number of carbonyl (C=O) groups excluding carboxylic acids is 1. The molecule has 1 N–H and O–H groups in total. The number of fused-ring (bicyclic) bond motifs is 1. The summed E-state index contributed by atoms with van der Waals surface area (Å²) in [5.41, 5.74) is 1.19. The van der Waals surface area contributed by atoms with Gasteiger partial charge in [0.25, 0.3) is 11.5 Å². The summed E-state index contributed by atoms with van der Waals surface area (Å²) in [5, 5.41) is 16.5. The average Bonchev–Trinajstić information content (AvgIpc) is 2.96. The van der Waals surface area contributed by atoms with E-state index in [1.54, 1.807) is 37.3 Å². The maximum Gasteiger partial charge on any atom is 0.272 e. The molecule has 0 saturated carbocycles. The van der Waals surface area contributed by atoms with E-state index in [-0.39, 0.29) is 17.5 Å². The Morgan fingerprint density at radius 3 is 2.51 bits per heavy atom. The van der Waals surface area contributed by atoms with Gasteiger partial charge in [0.05, 0.1) is 22.2 Å². The number of aromatic amines is 1. The van der Waals surface area contributed by atoms with Crippen LogP contribution in [0.25, 0.3) is 10.8 Å². The summed E-state index contributed by atoms with van der Waals surface area (Å²) in [6.45, 7) is 3.18. The molecule has 194 valence electrons. The smallest absolute Gasteiger partial charge is 0.272 e. The number of carbonyl (C=O) groups is 1. The van der Waals surface area contributed by atoms with Crippen LogP contribution < -0.4 is 10.5 Å². The molecule has 2 aromatic heterocycles. The van der Waals surface area contributed by atoms with E-state index in [2.05, 4.69) is 27.0 Å². The standard InChI is InChI=1S/C29H22F2N6O2/c1-2-3-18-4-6-21-22(12-18)25(34-35-28(21)38)15-20-13-23(27(31)24(30)14-20)29(39)37-10-8-36(9-11-37)26-7-5-19(16-32)17-33-26/h4-7,12-14,17H,8-11,15H2,1H3,(H,35,38). The van der Waals surface area contributed by atoms with Crippen LogP contribution in [0.3, 0.4) is 0 Å². The van der Waals surface area contributed by atoms with Crippen LogP contribution in [0.2, 0.25) is 0 Å². The first-order chi connectivity index (χ1) is 18.9.